The van der Waals surface area contributed by atoms with Gasteiger partial charge in [0.05, 0.1) is 33.1 Å². The highest BCUT2D eigenvalue weighted by Crippen LogP contribution is 2.37. The number of benzene rings is 1. The van der Waals surface area contributed by atoms with Crippen LogP contribution in [0.4, 0.5) is 19.0 Å². The van der Waals surface area contributed by atoms with Crippen molar-refractivity contribution in [3.63, 3.8) is 0 Å². The molecule has 2 aromatic heterocycles. The summed E-state index contributed by atoms with van der Waals surface area (Å²) in [6, 6.07) is 4.49. The number of aryl methyl sites for hydroxylation is 1. The molecule has 1 aliphatic heterocycles. The van der Waals surface area contributed by atoms with E-state index in [2.05, 4.69) is 25.2 Å². The number of morpholine rings is 1. The van der Waals surface area contributed by atoms with Gasteiger partial charge < -0.3 is 19.5 Å². The van der Waals surface area contributed by atoms with Crippen molar-refractivity contribution in [2.24, 2.45) is 0 Å². The van der Waals surface area contributed by atoms with Crippen LogP contribution in [-0.2, 0) is 10.9 Å². The van der Waals surface area contributed by atoms with Gasteiger partial charge in [-0.25, -0.2) is 15.0 Å². The number of imidazole rings is 1. The first kappa shape index (κ1) is 23.1. The first-order valence-corrected chi connectivity index (χ1v) is 10.4. The van der Waals surface area contributed by atoms with Gasteiger partial charge in [-0.2, -0.15) is 13.2 Å². The molecule has 4 rings (SSSR count). The van der Waals surface area contributed by atoms with Gasteiger partial charge in [0.25, 0.3) is 0 Å². The van der Waals surface area contributed by atoms with Gasteiger partial charge in [-0.15, -0.1) is 0 Å². The van der Waals surface area contributed by atoms with E-state index in [9.17, 15) is 13.2 Å². The number of fused-ring (bicyclic) bond motifs is 1. The van der Waals surface area contributed by atoms with Gasteiger partial charge >= 0.3 is 6.18 Å². The number of nitrogens with one attached hydrogen (secondary N) is 1. The topological polar surface area (TPSA) is 86.6 Å². The highest BCUT2D eigenvalue weighted by molar-refractivity contribution is 5.85. The van der Waals surface area contributed by atoms with Crippen molar-refractivity contribution in [3.05, 3.63) is 29.8 Å². The van der Waals surface area contributed by atoms with Gasteiger partial charge in [0.15, 0.2) is 28.5 Å². The van der Waals surface area contributed by atoms with Crippen molar-refractivity contribution < 1.29 is 27.4 Å². The minimum atomic E-state index is -4.72. The first-order chi connectivity index (χ1) is 15.8. The molecule has 33 heavy (non-hydrogen) atoms. The van der Waals surface area contributed by atoms with E-state index < -0.39 is 12.0 Å². The molecule has 0 spiro atoms. The molecule has 1 aliphatic rings. The van der Waals surface area contributed by atoms with Crippen LogP contribution in [0.15, 0.2) is 18.2 Å². The predicted molar refractivity (Wildman–Crippen MR) is 115 cm³/mol. The average molecular weight is 466 g/mol. The molecule has 0 saturated carbocycles. The summed E-state index contributed by atoms with van der Waals surface area (Å²) in [7, 11) is 2.87. The number of hydrogen-bond donors (Lipinski definition) is 1. The quantitative estimate of drug-likeness (QED) is 0.569. The van der Waals surface area contributed by atoms with E-state index in [4.69, 9.17) is 14.2 Å². The Kier molecular flexibility index (Phi) is 6.56. The number of ether oxygens (including phenoxy) is 3. The number of hydrogen-bond acceptors (Lipinski definition) is 8. The molecule has 3 aromatic rings. The minimum absolute atomic E-state index is 0.0460. The van der Waals surface area contributed by atoms with Crippen molar-refractivity contribution in [2.75, 3.05) is 58.9 Å². The number of anilines is 1. The fourth-order valence-corrected chi connectivity index (χ4v) is 3.75. The third kappa shape index (κ3) is 4.81. The Hall–Kier alpha value is -3.12. The third-order valence-corrected chi connectivity index (χ3v) is 5.32. The molecule has 9 nitrogen and oxygen atoms in total. The maximum absolute atomic E-state index is 14.0. The molecule has 178 valence electrons. The van der Waals surface area contributed by atoms with E-state index in [-0.39, 0.29) is 22.7 Å². The van der Waals surface area contributed by atoms with Crippen LogP contribution in [0, 0.1) is 6.92 Å². The maximum atomic E-state index is 14.0. The molecule has 0 amide bonds. The van der Waals surface area contributed by atoms with Gasteiger partial charge in [0.2, 0.25) is 5.82 Å². The second-order valence-electron chi connectivity index (χ2n) is 7.48. The largest absolute Gasteiger partial charge is 0.493 e. The second kappa shape index (κ2) is 9.40. The number of aromatic nitrogens is 4. The summed E-state index contributed by atoms with van der Waals surface area (Å²) >= 11 is 0. The Morgan fingerprint density at radius 3 is 2.45 bits per heavy atom. The lowest BCUT2D eigenvalue weighted by atomic mass is 10.2. The second-order valence-corrected chi connectivity index (χ2v) is 7.48. The Bertz CT molecular complexity index is 1130. The van der Waals surface area contributed by atoms with Gasteiger partial charge in [-0.05, 0) is 19.1 Å². The summed E-state index contributed by atoms with van der Waals surface area (Å²) in [5.74, 6) is 0.179. The van der Waals surface area contributed by atoms with Crippen molar-refractivity contribution in [3.8, 4) is 17.2 Å². The molecule has 1 aromatic carbocycles. The van der Waals surface area contributed by atoms with E-state index >= 15 is 0 Å². The summed E-state index contributed by atoms with van der Waals surface area (Å²) in [6.45, 7) is 5.79. The summed E-state index contributed by atoms with van der Waals surface area (Å²) in [5.41, 5.74) is 0.292. The molecule has 12 heteroatoms. The Balaban J connectivity index is 1.76. The lowest BCUT2D eigenvalue weighted by Gasteiger charge is -2.26. The van der Waals surface area contributed by atoms with Crippen molar-refractivity contribution in [2.45, 2.75) is 13.1 Å². The SMILES string of the molecule is COc1ccc(-n2c(C(F)(F)F)nc3c(NCCN4CCOCC4)nc(C)nc32)cc1OC. The number of methoxy groups -OCH3 is 2. The van der Waals surface area contributed by atoms with E-state index in [1.807, 2.05) is 0 Å². The fraction of sp³-hybridized carbons (Fsp3) is 0.476. The normalized spacial score (nSPS) is 15.1. The van der Waals surface area contributed by atoms with Crippen LogP contribution in [0.2, 0.25) is 0 Å². The zero-order valence-electron chi connectivity index (χ0n) is 18.6. The lowest BCUT2D eigenvalue weighted by Crippen LogP contribution is -2.39. The smallest absolute Gasteiger partial charge is 0.450 e. The molecule has 0 radical (unpaired) electrons. The summed E-state index contributed by atoms with van der Waals surface area (Å²) in [6.07, 6.45) is -4.72. The van der Waals surface area contributed by atoms with Gasteiger partial charge in [-0.3, -0.25) is 9.47 Å². The Morgan fingerprint density at radius 2 is 1.79 bits per heavy atom. The van der Waals surface area contributed by atoms with Crippen molar-refractivity contribution in [1.82, 2.24) is 24.4 Å². The van der Waals surface area contributed by atoms with Crippen LogP contribution in [-0.4, -0.2) is 78.0 Å². The highest BCUT2D eigenvalue weighted by atomic mass is 19.4. The minimum Gasteiger partial charge on any atom is -0.493 e. The van der Waals surface area contributed by atoms with Crippen LogP contribution in [0.5, 0.6) is 11.5 Å². The Morgan fingerprint density at radius 1 is 1.06 bits per heavy atom. The number of alkyl halides is 3. The van der Waals surface area contributed by atoms with Crippen LogP contribution >= 0.6 is 0 Å². The molecule has 0 unspecified atom stereocenters. The number of halogens is 3. The Labute approximate surface area is 188 Å². The maximum Gasteiger partial charge on any atom is 0.450 e. The molecule has 3 heterocycles. The van der Waals surface area contributed by atoms with Crippen LogP contribution in [0.25, 0.3) is 16.9 Å². The predicted octanol–water partition coefficient (Wildman–Crippen LogP) is 2.90. The molecule has 1 N–H and O–H groups in total. The van der Waals surface area contributed by atoms with Crippen LogP contribution in [0.3, 0.4) is 0 Å². The fourth-order valence-electron chi connectivity index (χ4n) is 3.75. The average Bonchev–Trinajstić information content (AvgIpc) is 3.19. The van der Waals surface area contributed by atoms with Crippen molar-refractivity contribution in [1.29, 1.82) is 0 Å². The van der Waals surface area contributed by atoms with Crippen LogP contribution in [0.1, 0.15) is 11.6 Å². The van der Waals surface area contributed by atoms with Gasteiger partial charge in [0.1, 0.15) is 5.82 Å². The molecule has 0 atom stereocenters. The van der Waals surface area contributed by atoms with E-state index in [0.717, 1.165) is 17.7 Å². The summed E-state index contributed by atoms with van der Waals surface area (Å²) in [5, 5.41) is 3.14. The standard InChI is InChI=1S/C21H25F3N6O3/c1-13-26-18(25-6-7-29-8-10-33-11-9-29)17-19(27-13)30(20(28-17)21(22,23)24)14-4-5-15(31-2)16(12-14)32-3/h4-5,12H,6-11H2,1-3H3,(H,25,26,27). The zero-order valence-corrected chi connectivity index (χ0v) is 18.6. The molecule has 0 aliphatic carbocycles. The zero-order chi connectivity index (χ0) is 23.6. The first-order valence-electron chi connectivity index (χ1n) is 10.4. The van der Waals surface area contributed by atoms with E-state index in [0.29, 0.717) is 43.6 Å². The molecule has 0 bridgehead atoms. The highest BCUT2D eigenvalue weighted by Gasteiger charge is 2.39. The summed E-state index contributed by atoms with van der Waals surface area (Å²) < 4.78 is 58.8. The number of rotatable bonds is 7. The molecular formula is C21H25F3N6O3. The lowest BCUT2D eigenvalue weighted by molar-refractivity contribution is -0.145. The molecular weight excluding hydrogens is 441 g/mol. The van der Waals surface area contributed by atoms with E-state index in [1.54, 1.807) is 6.92 Å². The number of nitrogens with zero attached hydrogens (tertiary/aromatic N) is 5. The van der Waals surface area contributed by atoms with Crippen molar-refractivity contribution >= 4 is 17.0 Å². The summed E-state index contributed by atoms with van der Waals surface area (Å²) in [4.78, 5) is 14.7. The van der Waals surface area contributed by atoms with Gasteiger partial charge in [0, 0.05) is 32.2 Å². The van der Waals surface area contributed by atoms with E-state index in [1.165, 1.54) is 32.4 Å². The van der Waals surface area contributed by atoms with Crippen LogP contribution < -0.4 is 14.8 Å². The van der Waals surface area contributed by atoms with Gasteiger partial charge in [-0.1, -0.05) is 0 Å². The third-order valence-electron chi connectivity index (χ3n) is 5.32. The molecule has 1 fully saturated rings. The monoisotopic (exact) mass is 466 g/mol. The molecule has 1 saturated heterocycles.